The molecular weight excluding hydrogens is 269 g/mol. The van der Waals surface area contributed by atoms with Crippen LogP contribution < -0.4 is 0 Å². The van der Waals surface area contributed by atoms with E-state index in [1.807, 2.05) is 0 Å². The monoisotopic (exact) mass is 279 g/mol. The highest BCUT2D eigenvalue weighted by molar-refractivity contribution is 6.31. The molecule has 0 aliphatic rings. The minimum Gasteiger partial charge on any atom is -0.478 e. The van der Waals surface area contributed by atoms with Gasteiger partial charge in [-0.1, -0.05) is 17.7 Å². The lowest BCUT2D eigenvalue weighted by Crippen LogP contribution is -2.03. The van der Waals surface area contributed by atoms with Gasteiger partial charge in [0, 0.05) is 28.6 Å². The van der Waals surface area contributed by atoms with Crippen molar-refractivity contribution in [1.82, 2.24) is 4.57 Å². The zero-order valence-corrected chi connectivity index (χ0v) is 10.6. The maximum atomic E-state index is 13.7. The van der Waals surface area contributed by atoms with Gasteiger partial charge < -0.3 is 9.67 Å². The van der Waals surface area contributed by atoms with E-state index in [2.05, 4.69) is 0 Å². The first-order chi connectivity index (χ1) is 9.08. The fraction of sp³-hybridized carbons (Fsp3) is 0.0714. The van der Waals surface area contributed by atoms with Gasteiger partial charge >= 0.3 is 5.97 Å². The minimum atomic E-state index is -1.03. The van der Waals surface area contributed by atoms with E-state index in [0.717, 1.165) is 6.08 Å². The molecule has 0 spiro atoms. The third-order valence-corrected chi connectivity index (χ3v) is 3.01. The van der Waals surface area contributed by atoms with Crippen molar-refractivity contribution in [3.8, 4) is 0 Å². The van der Waals surface area contributed by atoms with Crippen LogP contribution in [0.25, 0.3) is 6.08 Å². The number of aromatic nitrogens is 1. The van der Waals surface area contributed by atoms with Crippen LogP contribution in [-0.2, 0) is 11.3 Å². The van der Waals surface area contributed by atoms with Gasteiger partial charge in [0.15, 0.2) is 0 Å². The molecule has 0 saturated heterocycles. The Morgan fingerprint density at radius 2 is 2.16 bits per heavy atom. The summed E-state index contributed by atoms with van der Waals surface area (Å²) in [5.74, 6) is -1.41. The number of hydrogen-bond donors (Lipinski definition) is 1. The lowest BCUT2D eigenvalue weighted by Gasteiger charge is -2.09. The van der Waals surface area contributed by atoms with Crippen LogP contribution in [0.2, 0.25) is 5.02 Å². The van der Waals surface area contributed by atoms with Gasteiger partial charge in [-0.2, -0.15) is 0 Å². The van der Waals surface area contributed by atoms with E-state index in [0.29, 0.717) is 16.3 Å². The second-order valence-electron chi connectivity index (χ2n) is 3.93. The number of nitrogens with zero attached hydrogens (tertiary/aromatic N) is 1. The number of carbonyl (C=O) groups is 1. The van der Waals surface area contributed by atoms with Crippen LogP contribution in [0.1, 0.15) is 11.3 Å². The molecule has 2 rings (SSSR count). The van der Waals surface area contributed by atoms with Crippen molar-refractivity contribution in [2.75, 3.05) is 0 Å². The number of aliphatic carboxylic acids is 1. The Morgan fingerprint density at radius 3 is 2.84 bits per heavy atom. The molecule has 0 fully saturated rings. The SMILES string of the molecule is O=C(O)/C=C/c1cccn1Cc1c(F)cccc1Cl. The molecule has 98 valence electrons. The van der Waals surface area contributed by atoms with Crippen LogP contribution in [-0.4, -0.2) is 15.6 Å². The molecule has 0 saturated carbocycles. The number of halogens is 2. The van der Waals surface area contributed by atoms with Crippen LogP contribution in [0.15, 0.2) is 42.6 Å². The van der Waals surface area contributed by atoms with Gasteiger partial charge in [-0.15, -0.1) is 0 Å². The lowest BCUT2D eigenvalue weighted by atomic mass is 10.2. The first kappa shape index (κ1) is 13.4. The molecule has 2 aromatic rings. The number of hydrogen-bond acceptors (Lipinski definition) is 1. The zero-order chi connectivity index (χ0) is 13.8. The summed E-state index contributed by atoms with van der Waals surface area (Å²) in [6, 6.07) is 8.01. The maximum absolute atomic E-state index is 13.7. The first-order valence-electron chi connectivity index (χ1n) is 5.57. The van der Waals surface area contributed by atoms with Crippen LogP contribution in [0.3, 0.4) is 0 Å². The topological polar surface area (TPSA) is 42.2 Å². The number of rotatable bonds is 4. The summed E-state index contributed by atoms with van der Waals surface area (Å²) in [6.07, 6.45) is 4.23. The average molecular weight is 280 g/mol. The van der Waals surface area contributed by atoms with Crippen molar-refractivity contribution in [2.24, 2.45) is 0 Å². The zero-order valence-electron chi connectivity index (χ0n) is 9.88. The van der Waals surface area contributed by atoms with Crippen molar-refractivity contribution in [3.63, 3.8) is 0 Å². The smallest absolute Gasteiger partial charge is 0.328 e. The van der Waals surface area contributed by atoms with Crippen LogP contribution in [0.5, 0.6) is 0 Å². The third-order valence-electron chi connectivity index (χ3n) is 2.65. The van der Waals surface area contributed by atoms with E-state index < -0.39 is 5.97 Å². The van der Waals surface area contributed by atoms with Gasteiger partial charge in [0.25, 0.3) is 0 Å². The number of carboxylic acid groups (broad SMARTS) is 1. The first-order valence-corrected chi connectivity index (χ1v) is 5.95. The second kappa shape index (κ2) is 5.71. The van der Waals surface area contributed by atoms with E-state index in [9.17, 15) is 9.18 Å². The largest absolute Gasteiger partial charge is 0.478 e. The summed E-state index contributed by atoms with van der Waals surface area (Å²) in [6.45, 7) is 0.248. The average Bonchev–Trinajstić information content (AvgIpc) is 2.79. The van der Waals surface area contributed by atoms with Gasteiger partial charge in [0.05, 0.1) is 6.54 Å². The van der Waals surface area contributed by atoms with E-state index >= 15 is 0 Å². The normalized spacial score (nSPS) is 11.1. The summed E-state index contributed by atoms with van der Waals surface area (Å²) in [5, 5.41) is 8.95. The third kappa shape index (κ3) is 3.23. The Balaban J connectivity index is 2.30. The Kier molecular flexibility index (Phi) is 4.02. The molecule has 3 nitrogen and oxygen atoms in total. The molecule has 1 aromatic carbocycles. The predicted octanol–water partition coefficient (Wildman–Crippen LogP) is 3.43. The fourth-order valence-electron chi connectivity index (χ4n) is 1.73. The molecule has 0 unspecified atom stereocenters. The van der Waals surface area contributed by atoms with Crippen LogP contribution >= 0.6 is 11.6 Å². The van der Waals surface area contributed by atoms with Crippen molar-refractivity contribution in [3.05, 3.63) is 64.7 Å². The Morgan fingerprint density at radius 1 is 1.37 bits per heavy atom. The van der Waals surface area contributed by atoms with Crippen LogP contribution in [0, 0.1) is 5.82 Å². The van der Waals surface area contributed by atoms with Crippen molar-refractivity contribution < 1.29 is 14.3 Å². The maximum Gasteiger partial charge on any atom is 0.328 e. The Bertz CT molecular complexity index is 614. The second-order valence-corrected chi connectivity index (χ2v) is 4.34. The summed E-state index contributed by atoms with van der Waals surface area (Å²) >= 11 is 5.96. The predicted molar refractivity (Wildman–Crippen MR) is 71.6 cm³/mol. The number of carboxylic acids is 1. The van der Waals surface area contributed by atoms with E-state index in [-0.39, 0.29) is 12.4 Å². The fourth-order valence-corrected chi connectivity index (χ4v) is 1.96. The van der Waals surface area contributed by atoms with Gasteiger partial charge in [-0.3, -0.25) is 0 Å². The van der Waals surface area contributed by atoms with E-state index in [1.165, 1.54) is 12.1 Å². The molecule has 0 bridgehead atoms. The molecule has 1 aromatic heterocycles. The van der Waals surface area contributed by atoms with Crippen molar-refractivity contribution in [2.45, 2.75) is 6.54 Å². The molecular formula is C14H11ClFNO2. The van der Waals surface area contributed by atoms with Gasteiger partial charge in [0.1, 0.15) is 5.82 Å². The molecule has 0 radical (unpaired) electrons. The highest BCUT2D eigenvalue weighted by Crippen LogP contribution is 2.21. The van der Waals surface area contributed by atoms with Gasteiger partial charge in [-0.25, -0.2) is 9.18 Å². The van der Waals surface area contributed by atoms with E-state index in [4.69, 9.17) is 16.7 Å². The summed E-state index contributed by atoms with van der Waals surface area (Å²) < 4.78 is 15.4. The molecule has 1 heterocycles. The van der Waals surface area contributed by atoms with Gasteiger partial charge in [-0.05, 0) is 30.3 Å². The highest BCUT2D eigenvalue weighted by atomic mass is 35.5. The molecule has 0 atom stereocenters. The molecule has 0 aliphatic carbocycles. The molecule has 19 heavy (non-hydrogen) atoms. The van der Waals surface area contributed by atoms with Crippen molar-refractivity contribution in [1.29, 1.82) is 0 Å². The molecule has 1 N–H and O–H groups in total. The molecule has 0 aliphatic heterocycles. The van der Waals surface area contributed by atoms with Gasteiger partial charge in [0.2, 0.25) is 0 Å². The van der Waals surface area contributed by atoms with Crippen molar-refractivity contribution >= 4 is 23.6 Å². The quantitative estimate of drug-likeness (QED) is 0.871. The highest BCUT2D eigenvalue weighted by Gasteiger charge is 2.08. The number of benzene rings is 1. The Labute approximate surface area is 114 Å². The van der Waals surface area contributed by atoms with E-state index in [1.54, 1.807) is 35.0 Å². The lowest BCUT2D eigenvalue weighted by molar-refractivity contribution is -0.131. The standard InChI is InChI=1S/C14H11ClFNO2/c15-12-4-1-5-13(16)11(12)9-17-8-2-3-10(17)6-7-14(18)19/h1-8H,9H2,(H,18,19)/b7-6+. The summed E-state index contributed by atoms with van der Waals surface area (Å²) in [4.78, 5) is 10.5. The summed E-state index contributed by atoms with van der Waals surface area (Å²) in [7, 11) is 0. The Hall–Kier alpha value is -2.07. The molecule has 5 heteroatoms. The molecule has 0 amide bonds. The van der Waals surface area contributed by atoms with Crippen LogP contribution in [0.4, 0.5) is 4.39 Å². The summed E-state index contributed by atoms with van der Waals surface area (Å²) in [5.41, 5.74) is 1.05. The minimum absolute atomic E-state index is 0.248.